The Balaban J connectivity index is 1.53. The summed E-state index contributed by atoms with van der Waals surface area (Å²) in [6.45, 7) is 0.341. The van der Waals surface area contributed by atoms with Crippen molar-refractivity contribution in [2.45, 2.75) is 5.25 Å². The minimum atomic E-state index is -0.498. The smallest absolute Gasteiger partial charge is 0.264 e. The van der Waals surface area contributed by atoms with Crippen LogP contribution in [0.3, 0.4) is 0 Å². The molecule has 1 fully saturated rings. The Bertz CT molecular complexity index is 1220. The van der Waals surface area contributed by atoms with Crippen LogP contribution in [0.25, 0.3) is 0 Å². The van der Waals surface area contributed by atoms with E-state index in [-0.39, 0.29) is 16.9 Å². The molecule has 10 heteroatoms. The number of hydrazone groups is 1. The Labute approximate surface area is 206 Å². The fourth-order valence-electron chi connectivity index (χ4n) is 3.04. The van der Waals surface area contributed by atoms with Crippen LogP contribution in [0.1, 0.15) is 5.56 Å². The number of methoxy groups -OCH3 is 1. The van der Waals surface area contributed by atoms with E-state index in [9.17, 15) is 4.79 Å². The third-order valence-corrected chi connectivity index (χ3v) is 6.13. The molecule has 34 heavy (non-hydrogen) atoms. The van der Waals surface area contributed by atoms with E-state index in [1.54, 1.807) is 43.5 Å². The van der Waals surface area contributed by atoms with E-state index >= 15 is 0 Å². The molecule has 1 aliphatic rings. The number of anilines is 1. The summed E-state index contributed by atoms with van der Waals surface area (Å²) in [5.41, 5.74) is 2.12. The summed E-state index contributed by atoms with van der Waals surface area (Å²) in [4.78, 5) is 13.0. The van der Waals surface area contributed by atoms with Gasteiger partial charge < -0.3 is 10.1 Å². The molecule has 1 unspecified atom stereocenters. The van der Waals surface area contributed by atoms with Crippen LogP contribution in [-0.2, 0) is 4.79 Å². The summed E-state index contributed by atoms with van der Waals surface area (Å²) in [6.07, 6.45) is 0. The molecule has 0 aromatic heterocycles. The number of rotatable bonds is 7. The molecule has 3 aromatic carbocycles. The first kappa shape index (κ1) is 23.5. The van der Waals surface area contributed by atoms with Crippen molar-refractivity contribution in [3.63, 3.8) is 0 Å². The number of halogens is 1. The van der Waals surface area contributed by atoms with Crippen molar-refractivity contribution in [3.05, 3.63) is 89.4 Å². The standard InChI is InChI=1S/C24H21ClN6O2S/c1-33-20-13-11-19(12-14-20)28-29-22(16-5-3-2-4-6-16)30-31-23(32)21(34-24(31)26)15-27-18-9-7-17(25)8-10-18/h2-14,21,26-27H,15H2,1H3/b26-24?,29-28?,30-22+. The molecule has 0 aliphatic carbocycles. The van der Waals surface area contributed by atoms with Crippen LogP contribution in [0, 0.1) is 5.41 Å². The predicted molar refractivity (Wildman–Crippen MR) is 136 cm³/mol. The van der Waals surface area contributed by atoms with Gasteiger partial charge in [-0.25, -0.2) is 0 Å². The minimum Gasteiger partial charge on any atom is -0.497 e. The van der Waals surface area contributed by atoms with Gasteiger partial charge in [-0.3, -0.25) is 10.2 Å². The summed E-state index contributed by atoms with van der Waals surface area (Å²) >= 11 is 7.06. The second kappa shape index (κ2) is 11.0. The number of azo groups is 1. The van der Waals surface area contributed by atoms with Gasteiger partial charge in [0.2, 0.25) is 5.84 Å². The van der Waals surface area contributed by atoms with Gasteiger partial charge in [-0.05, 0) is 48.5 Å². The molecule has 0 saturated carbocycles. The van der Waals surface area contributed by atoms with Crippen molar-refractivity contribution < 1.29 is 9.53 Å². The Morgan fingerprint density at radius 3 is 2.47 bits per heavy atom. The number of carbonyl (C=O) groups is 1. The monoisotopic (exact) mass is 492 g/mol. The van der Waals surface area contributed by atoms with E-state index < -0.39 is 5.25 Å². The number of benzene rings is 3. The van der Waals surface area contributed by atoms with Crippen molar-refractivity contribution in [2.24, 2.45) is 15.3 Å². The number of thioether (sulfide) groups is 1. The molecule has 3 aromatic rings. The first-order valence-corrected chi connectivity index (χ1v) is 11.6. The molecule has 1 aliphatic heterocycles. The van der Waals surface area contributed by atoms with Gasteiger partial charge in [0.15, 0.2) is 5.17 Å². The van der Waals surface area contributed by atoms with Crippen LogP contribution in [0.5, 0.6) is 5.75 Å². The third kappa shape index (κ3) is 5.81. The maximum atomic E-state index is 13.0. The average Bonchev–Trinajstić information content (AvgIpc) is 3.14. The van der Waals surface area contributed by atoms with Gasteiger partial charge in [-0.15, -0.1) is 15.3 Å². The first-order chi connectivity index (χ1) is 16.5. The molecule has 2 N–H and O–H groups in total. The van der Waals surface area contributed by atoms with Gasteiger partial charge in [-0.1, -0.05) is 53.7 Å². The van der Waals surface area contributed by atoms with Gasteiger partial charge in [0.25, 0.3) is 5.91 Å². The molecule has 0 radical (unpaired) electrons. The number of hydrogen-bond donors (Lipinski definition) is 2. The normalized spacial score (nSPS) is 16.4. The lowest BCUT2D eigenvalue weighted by atomic mass is 10.2. The number of nitrogens with one attached hydrogen (secondary N) is 2. The molecular weight excluding hydrogens is 472 g/mol. The molecule has 1 atom stereocenters. The molecule has 8 nitrogen and oxygen atoms in total. The van der Waals surface area contributed by atoms with Gasteiger partial charge in [0.05, 0.1) is 12.8 Å². The topological polar surface area (TPSA) is 102 Å². The lowest BCUT2D eigenvalue weighted by Crippen LogP contribution is -2.31. The molecule has 0 bridgehead atoms. The van der Waals surface area contributed by atoms with E-state index in [1.165, 1.54) is 0 Å². The third-order valence-electron chi connectivity index (χ3n) is 4.83. The zero-order chi connectivity index (χ0) is 23.9. The minimum absolute atomic E-state index is 0.0287. The van der Waals surface area contributed by atoms with Crippen LogP contribution < -0.4 is 10.1 Å². The van der Waals surface area contributed by atoms with Crippen LogP contribution in [0.2, 0.25) is 5.02 Å². The second-order valence-corrected chi connectivity index (χ2v) is 8.77. The Morgan fingerprint density at radius 2 is 1.79 bits per heavy atom. The molecule has 1 heterocycles. The van der Waals surface area contributed by atoms with E-state index in [4.69, 9.17) is 21.7 Å². The van der Waals surface area contributed by atoms with Crippen molar-refractivity contribution in [1.82, 2.24) is 5.01 Å². The highest BCUT2D eigenvalue weighted by Gasteiger charge is 2.37. The van der Waals surface area contributed by atoms with Crippen LogP contribution >= 0.6 is 23.4 Å². The van der Waals surface area contributed by atoms with Crippen molar-refractivity contribution in [1.29, 1.82) is 5.41 Å². The highest BCUT2D eigenvalue weighted by Crippen LogP contribution is 2.28. The van der Waals surface area contributed by atoms with Crippen LogP contribution in [0.4, 0.5) is 11.4 Å². The molecule has 172 valence electrons. The number of amidine groups is 2. The summed E-state index contributed by atoms with van der Waals surface area (Å²) in [5, 5.41) is 25.7. The van der Waals surface area contributed by atoms with E-state index in [2.05, 4.69) is 20.6 Å². The zero-order valence-electron chi connectivity index (χ0n) is 18.2. The summed E-state index contributed by atoms with van der Waals surface area (Å²) in [7, 11) is 1.59. The summed E-state index contributed by atoms with van der Waals surface area (Å²) in [5.74, 6) is 0.633. The Hall–Kier alpha value is -3.69. The maximum Gasteiger partial charge on any atom is 0.264 e. The zero-order valence-corrected chi connectivity index (χ0v) is 19.8. The van der Waals surface area contributed by atoms with Crippen molar-refractivity contribution in [2.75, 3.05) is 19.0 Å². The van der Waals surface area contributed by atoms with Crippen LogP contribution in [-0.4, -0.2) is 40.8 Å². The second-order valence-electron chi connectivity index (χ2n) is 7.14. The van der Waals surface area contributed by atoms with Crippen molar-refractivity contribution in [3.8, 4) is 5.75 Å². The average molecular weight is 493 g/mol. The van der Waals surface area contributed by atoms with E-state index in [1.807, 2.05) is 42.5 Å². The number of nitrogens with zero attached hydrogens (tertiary/aromatic N) is 4. The number of hydrogen-bond acceptors (Lipinski definition) is 7. The quantitative estimate of drug-likeness (QED) is 0.247. The molecule has 4 rings (SSSR count). The van der Waals surface area contributed by atoms with Gasteiger partial charge in [0.1, 0.15) is 11.0 Å². The maximum absolute atomic E-state index is 13.0. The summed E-state index contributed by atoms with van der Waals surface area (Å²) in [6, 6.07) is 23.5. The highest BCUT2D eigenvalue weighted by molar-refractivity contribution is 8.15. The Morgan fingerprint density at radius 1 is 1.09 bits per heavy atom. The fourth-order valence-corrected chi connectivity index (χ4v) is 4.04. The summed E-state index contributed by atoms with van der Waals surface area (Å²) < 4.78 is 5.16. The first-order valence-electron chi connectivity index (χ1n) is 10.3. The molecule has 1 amide bonds. The molecule has 1 saturated heterocycles. The number of carbonyl (C=O) groups excluding carboxylic acids is 1. The van der Waals surface area contributed by atoms with E-state index in [0.717, 1.165) is 22.5 Å². The Kier molecular flexibility index (Phi) is 7.56. The van der Waals surface area contributed by atoms with Gasteiger partial charge >= 0.3 is 0 Å². The fraction of sp³-hybridized carbons (Fsp3) is 0.125. The number of amides is 1. The van der Waals surface area contributed by atoms with Crippen LogP contribution in [0.15, 0.2) is 94.2 Å². The predicted octanol–water partition coefficient (Wildman–Crippen LogP) is 5.78. The number of ether oxygens (including phenoxy) is 1. The van der Waals surface area contributed by atoms with Gasteiger partial charge in [0, 0.05) is 22.8 Å². The lowest BCUT2D eigenvalue weighted by Gasteiger charge is -2.11. The van der Waals surface area contributed by atoms with E-state index in [0.29, 0.717) is 28.6 Å². The largest absolute Gasteiger partial charge is 0.497 e. The van der Waals surface area contributed by atoms with Crippen molar-refractivity contribution >= 4 is 51.6 Å². The highest BCUT2D eigenvalue weighted by atomic mass is 35.5. The molecular formula is C24H21ClN6O2S. The SMILES string of the molecule is COc1ccc(N=N/C(=N/N2C(=N)SC(CNc3ccc(Cl)cc3)C2=O)c2ccccc2)cc1. The van der Waals surface area contributed by atoms with Gasteiger partial charge in [-0.2, -0.15) is 5.01 Å². The molecule has 0 spiro atoms. The lowest BCUT2D eigenvalue weighted by molar-refractivity contribution is -0.125.